The molecule has 0 radical (unpaired) electrons. The summed E-state index contributed by atoms with van der Waals surface area (Å²) in [6, 6.07) is 7.07. The summed E-state index contributed by atoms with van der Waals surface area (Å²) in [6.07, 6.45) is 3.32. The number of rotatable bonds is 3. The Morgan fingerprint density at radius 1 is 1.25 bits per heavy atom. The lowest BCUT2D eigenvalue weighted by atomic mass is 10.1. The van der Waals surface area contributed by atoms with Crippen LogP contribution in [0, 0.1) is 0 Å². The highest BCUT2D eigenvalue weighted by atomic mass is 35.5. The molecule has 1 aliphatic rings. The average molecular weight is 360 g/mol. The van der Waals surface area contributed by atoms with Gasteiger partial charge in [-0.1, -0.05) is 0 Å². The van der Waals surface area contributed by atoms with Crippen LogP contribution in [-0.4, -0.2) is 23.0 Å². The van der Waals surface area contributed by atoms with Crippen LogP contribution in [0.15, 0.2) is 24.3 Å². The van der Waals surface area contributed by atoms with Crippen LogP contribution >= 0.6 is 22.9 Å². The first-order chi connectivity index (χ1) is 11.7. The van der Waals surface area contributed by atoms with Gasteiger partial charge in [0.05, 0.1) is 18.1 Å². The number of aromatic nitrogens is 2. The van der Waals surface area contributed by atoms with E-state index in [0.717, 1.165) is 34.6 Å². The van der Waals surface area contributed by atoms with Crippen molar-refractivity contribution in [3.8, 4) is 0 Å². The van der Waals surface area contributed by atoms with Crippen LogP contribution in [0.2, 0.25) is 5.28 Å². The molecular formula is C17H14ClN3O2S. The number of nitrogens with zero attached hydrogens (tertiary/aromatic N) is 2. The molecule has 0 bridgehead atoms. The second-order valence-corrected chi connectivity index (χ2v) is 6.99. The summed E-state index contributed by atoms with van der Waals surface area (Å²) >= 11 is 7.78. The van der Waals surface area contributed by atoms with Gasteiger partial charge >= 0.3 is 5.97 Å². The maximum Gasteiger partial charge on any atom is 0.337 e. The van der Waals surface area contributed by atoms with Gasteiger partial charge in [-0.3, -0.25) is 0 Å². The van der Waals surface area contributed by atoms with Crippen molar-refractivity contribution in [3.63, 3.8) is 0 Å². The number of carbonyl (C=O) groups is 1. The number of nitrogens with one attached hydrogen (secondary N) is 1. The molecule has 0 amide bonds. The second-order valence-electron chi connectivity index (χ2n) is 5.57. The zero-order chi connectivity index (χ0) is 16.7. The molecule has 0 fully saturated rings. The molecule has 1 aromatic carbocycles. The quantitative estimate of drug-likeness (QED) is 0.556. The van der Waals surface area contributed by atoms with Crippen LogP contribution in [0.4, 0.5) is 11.5 Å². The Morgan fingerprint density at radius 3 is 2.79 bits per heavy atom. The Morgan fingerprint density at radius 2 is 2.04 bits per heavy atom. The number of thiophene rings is 1. The van der Waals surface area contributed by atoms with Crippen molar-refractivity contribution in [2.24, 2.45) is 0 Å². The minimum absolute atomic E-state index is 0.233. The van der Waals surface area contributed by atoms with E-state index < -0.39 is 0 Å². The van der Waals surface area contributed by atoms with Gasteiger partial charge in [-0.25, -0.2) is 9.78 Å². The summed E-state index contributed by atoms with van der Waals surface area (Å²) in [6.45, 7) is 0. The average Bonchev–Trinajstić information content (AvgIpc) is 3.15. The topological polar surface area (TPSA) is 64.1 Å². The van der Waals surface area contributed by atoms with E-state index in [4.69, 9.17) is 16.3 Å². The van der Waals surface area contributed by atoms with E-state index in [-0.39, 0.29) is 11.3 Å². The summed E-state index contributed by atoms with van der Waals surface area (Å²) in [5.41, 5.74) is 2.67. The Balaban J connectivity index is 1.73. The fraction of sp³-hybridized carbons (Fsp3) is 0.235. The third-order valence-electron chi connectivity index (χ3n) is 4.11. The van der Waals surface area contributed by atoms with E-state index in [9.17, 15) is 4.79 Å². The predicted octanol–water partition coefficient (Wildman–Crippen LogP) is 4.36. The molecule has 5 nitrogen and oxygen atoms in total. The molecule has 2 aromatic heterocycles. The normalized spacial score (nSPS) is 13.1. The van der Waals surface area contributed by atoms with Crippen molar-refractivity contribution >= 4 is 50.6 Å². The van der Waals surface area contributed by atoms with E-state index in [1.807, 2.05) is 12.1 Å². The number of ether oxygens (including phenoxy) is 1. The van der Waals surface area contributed by atoms with Crippen LogP contribution in [0.1, 0.15) is 27.2 Å². The summed E-state index contributed by atoms with van der Waals surface area (Å²) in [5, 5.41) is 4.60. The van der Waals surface area contributed by atoms with Crippen LogP contribution in [0.25, 0.3) is 10.2 Å². The van der Waals surface area contributed by atoms with Crippen molar-refractivity contribution in [2.45, 2.75) is 19.3 Å². The summed E-state index contributed by atoms with van der Waals surface area (Å²) < 4.78 is 4.71. The van der Waals surface area contributed by atoms with Gasteiger partial charge in [0.15, 0.2) is 0 Å². The van der Waals surface area contributed by atoms with Gasteiger partial charge in [0.2, 0.25) is 5.28 Å². The van der Waals surface area contributed by atoms with Gasteiger partial charge in [-0.2, -0.15) is 4.98 Å². The number of hydrogen-bond donors (Lipinski definition) is 1. The first kappa shape index (κ1) is 15.4. The largest absolute Gasteiger partial charge is 0.465 e. The molecule has 1 aliphatic carbocycles. The van der Waals surface area contributed by atoms with Gasteiger partial charge in [0.25, 0.3) is 0 Å². The minimum Gasteiger partial charge on any atom is -0.465 e. The number of hydrogen-bond acceptors (Lipinski definition) is 6. The molecule has 0 saturated heterocycles. The number of halogens is 1. The fourth-order valence-corrected chi connectivity index (χ4v) is 4.48. The van der Waals surface area contributed by atoms with Crippen molar-refractivity contribution < 1.29 is 9.53 Å². The molecule has 1 N–H and O–H groups in total. The van der Waals surface area contributed by atoms with Gasteiger partial charge < -0.3 is 10.1 Å². The Bertz CT molecular complexity index is 937. The number of methoxy groups -OCH3 is 1. The second kappa shape index (κ2) is 6.03. The molecule has 0 unspecified atom stereocenters. The van der Waals surface area contributed by atoms with E-state index >= 15 is 0 Å². The molecule has 0 aliphatic heterocycles. The van der Waals surface area contributed by atoms with Crippen molar-refractivity contribution in [2.75, 3.05) is 12.4 Å². The molecule has 122 valence electrons. The monoisotopic (exact) mass is 359 g/mol. The molecule has 4 rings (SSSR count). The lowest BCUT2D eigenvalue weighted by Crippen LogP contribution is -2.01. The molecule has 0 spiro atoms. The molecule has 2 heterocycles. The van der Waals surface area contributed by atoms with Gasteiger partial charge in [-0.15, -0.1) is 11.3 Å². The van der Waals surface area contributed by atoms with Crippen molar-refractivity contribution in [1.29, 1.82) is 0 Å². The highest BCUT2D eigenvalue weighted by Gasteiger charge is 2.22. The SMILES string of the molecule is COC(=O)c1ccc(Nc2nc(Cl)nc3sc4c(c23)CCC4)cc1. The Kier molecular flexibility index (Phi) is 3.86. The predicted molar refractivity (Wildman–Crippen MR) is 95.5 cm³/mol. The first-order valence-electron chi connectivity index (χ1n) is 7.59. The van der Waals surface area contributed by atoms with Crippen LogP contribution in [0.5, 0.6) is 0 Å². The molecule has 7 heteroatoms. The fourth-order valence-electron chi connectivity index (χ4n) is 3.00. The number of fused-ring (bicyclic) bond motifs is 3. The lowest BCUT2D eigenvalue weighted by Gasteiger charge is -2.09. The highest BCUT2D eigenvalue weighted by Crippen LogP contribution is 2.40. The van der Waals surface area contributed by atoms with E-state index in [1.54, 1.807) is 23.5 Å². The number of carbonyl (C=O) groups excluding carboxylic acids is 1. The number of aryl methyl sites for hydroxylation is 2. The third-order valence-corrected chi connectivity index (χ3v) is 5.46. The summed E-state index contributed by atoms with van der Waals surface area (Å²) in [4.78, 5) is 22.6. The van der Waals surface area contributed by atoms with Crippen LogP contribution < -0.4 is 5.32 Å². The van der Waals surface area contributed by atoms with Crippen LogP contribution in [0.3, 0.4) is 0 Å². The smallest absolute Gasteiger partial charge is 0.337 e. The van der Waals surface area contributed by atoms with E-state index in [2.05, 4.69) is 15.3 Å². The summed E-state index contributed by atoms with van der Waals surface area (Å²) in [7, 11) is 1.37. The van der Waals surface area contributed by atoms with Crippen LogP contribution in [-0.2, 0) is 17.6 Å². The maximum atomic E-state index is 11.5. The van der Waals surface area contributed by atoms with Gasteiger partial charge in [0, 0.05) is 10.6 Å². The third kappa shape index (κ3) is 2.61. The number of benzene rings is 1. The Hall–Kier alpha value is -2.18. The zero-order valence-corrected chi connectivity index (χ0v) is 14.5. The number of anilines is 2. The number of esters is 1. The first-order valence-corrected chi connectivity index (χ1v) is 8.78. The van der Waals surface area contributed by atoms with E-state index in [1.165, 1.54) is 24.0 Å². The molecule has 3 aromatic rings. The van der Waals surface area contributed by atoms with Gasteiger partial charge in [0.1, 0.15) is 10.6 Å². The minimum atomic E-state index is -0.357. The van der Waals surface area contributed by atoms with Crippen molar-refractivity contribution in [3.05, 3.63) is 45.6 Å². The Labute approximate surface area is 147 Å². The highest BCUT2D eigenvalue weighted by molar-refractivity contribution is 7.19. The summed E-state index contributed by atoms with van der Waals surface area (Å²) in [5.74, 6) is 0.361. The standard InChI is InChI=1S/C17H14ClN3O2S/c1-23-16(22)9-5-7-10(8-6-9)19-14-13-11-3-2-4-12(11)24-15(13)21-17(18)20-14/h5-8H,2-4H2,1H3,(H,19,20,21). The molecule has 0 saturated carbocycles. The molecule has 24 heavy (non-hydrogen) atoms. The maximum absolute atomic E-state index is 11.5. The zero-order valence-electron chi connectivity index (χ0n) is 12.9. The lowest BCUT2D eigenvalue weighted by molar-refractivity contribution is 0.0601. The molecule has 0 atom stereocenters. The van der Waals surface area contributed by atoms with Crippen molar-refractivity contribution in [1.82, 2.24) is 9.97 Å². The molecular weight excluding hydrogens is 346 g/mol. The van der Waals surface area contributed by atoms with Gasteiger partial charge in [-0.05, 0) is 60.7 Å². The van der Waals surface area contributed by atoms with E-state index in [0.29, 0.717) is 5.56 Å².